The van der Waals surface area contributed by atoms with Crippen LogP contribution in [0.5, 0.6) is 0 Å². The molecule has 0 bridgehead atoms. The number of nitrogens with two attached hydrogens (primary N) is 1. The van der Waals surface area contributed by atoms with Crippen LogP contribution < -0.4 is 5.73 Å². The van der Waals surface area contributed by atoms with Gasteiger partial charge in [0.1, 0.15) is 5.60 Å². The van der Waals surface area contributed by atoms with Gasteiger partial charge in [0, 0.05) is 0 Å². The third-order valence-electron chi connectivity index (χ3n) is 1.29. The second kappa shape index (κ2) is 3.57. The van der Waals surface area contributed by atoms with Gasteiger partial charge in [-0.25, -0.2) is 13.6 Å². The number of rotatable bonds is 2. The molecule has 2 N–H and O–H groups in total. The summed E-state index contributed by atoms with van der Waals surface area (Å²) < 4.78 is 29.1. The predicted octanol–water partition coefficient (Wildman–Crippen LogP) is 1.31. The zero-order chi connectivity index (χ0) is 10.9. The van der Waals surface area contributed by atoms with E-state index in [0.717, 1.165) is 6.92 Å². The van der Waals surface area contributed by atoms with Crippen molar-refractivity contribution in [1.82, 2.24) is 0 Å². The van der Waals surface area contributed by atoms with Crippen LogP contribution in [0.15, 0.2) is 0 Å². The lowest BCUT2D eigenvalue weighted by Gasteiger charge is -2.27. The molecule has 78 valence electrons. The summed E-state index contributed by atoms with van der Waals surface area (Å²) in [5.74, 6) is -1.09. The first-order valence-corrected chi connectivity index (χ1v) is 3.88. The van der Waals surface area contributed by atoms with Gasteiger partial charge >= 0.3 is 5.97 Å². The Morgan fingerprint density at radius 2 is 1.69 bits per heavy atom. The molecule has 0 rings (SSSR count). The second-order valence-corrected chi connectivity index (χ2v) is 4.09. The molecule has 0 saturated carbocycles. The molecule has 0 fully saturated rings. The van der Waals surface area contributed by atoms with Crippen LogP contribution in [0, 0.1) is 0 Å². The molecule has 3 nitrogen and oxygen atoms in total. The fourth-order valence-electron chi connectivity index (χ4n) is 0.477. The summed E-state index contributed by atoms with van der Waals surface area (Å²) in [6.07, 6.45) is -2.93. The largest absolute Gasteiger partial charge is 0.458 e. The van der Waals surface area contributed by atoms with Gasteiger partial charge in [-0.3, -0.25) is 0 Å². The van der Waals surface area contributed by atoms with Crippen molar-refractivity contribution in [1.29, 1.82) is 0 Å². The molecule has 1 unspecified atom stereocenters. The molecule has 0 saturated heterocycles. The monoisotopic (exact) mass is 195 g/mol. The quantitative estimate of drug-likeness (QED) is 0.676. The minimum absolute atomic E-state index is 0.799. The van der Waals surface area contributed by atoms with Gasteiger partial charge in [-0.15, -0.1) is 0 Å². The normalized spacial score (nSPS) is 16.9. The summed E-state index contributed by atoms with van der Waals surface area (Å²) >= 11 is 0. The molecular weight excluding hydrogens is 180 g/mol. The van der Waals surface area contributed by atoms with Crippen molar-refractivity contribution in [2.24, 2.45) is 5.73 Å². The maximum Gasteiger partial charge on any atom is 0.332 e. The van der Waals surface area contributed by atoms with Gasteiger partial charge < -0.3 is 10.5 Å². The molecule has 0 heterocycles. The van der Waals surface area contributed by atoms with Gasteiger partial charge in [-0.2, -0.15) is 0 Å². The van der Waals surface area contributed by atoms with E-state index in [1.807, 2.05) is 0 Å². The van der Waals surface area contributed by atoms with Crippen molar-refractivity contribution in [3.05, 3.63) is 0 Å². The molecule has 0 aromatic carbocycles. The molecule has 0 aromatic heterocycles. The van der Waals surface area contributed by atoms with Crippen LogP contribution in [0.4, 0.5) is 8.78 Å². The SMILES string of the molecule is CC(C)(C)OC(=O)C(C)(N)C(F)F. The van der Waals surface area contributed by atoms with Gasteiger partial charge in [0.15, 0.2) is 5.54 Å². The summed E-state index contributed by atoms with van der Waals surface area (Å²) in [4.78, 5) is 11.1. The van der Waals surface area contributed by atoms with Crippen LogP contribution in [0.1, 0.15) is 27.7 Å². The van der Waals surface area contributed by atoms with E-state index in [-0.39, 0.29) is 0 Å². The van der Waals surface area contributed by atoms with Crippen molar-refractivity contribution in [3.8, 4) is 0 Å². The van der Waals surface area contributed by atoms with E-state index in [1.54, 1.807) is 20.8 Å². The molecular formula is C8H15F2NO2. The molecule has 0 aromatic rings. The zero-order valence-electron chi connectivity index (χ0n) is 8.23. The molecule has 0 aliphatic heterocycles. The maximum absolute atomic E-state index is 12.2. The first kappa shape index (κ1) is 12.3. The van der Waals surface area contributed by atoms with E-state index in [9.17, 15) is 13.6 Å². The highest BCUT2D eigenvalue weighted by Crippen LogP contribution is 2.18. The van der Waals surface area contributed by atoms with E-state index in [4.69, 9.17) is 10.5 Å². The minimum atomic E-state index is -2.93. The van der Waals surface area contributed by atoms with Crippen molar-refractivity contribution < 1.29 is 18.3 Å². The van der Waals surface area contributed by atoms with Crippen molar-refractivity contribution in [3.63, 3.8) is 0 Å². The lowest BCUT2D eigenvalue weighted by Crippen LogP contribution is -2.53. The van der Waals surface area contributed by atoms with Crippen LogP contribution in [0.2, 0.25) is 0 Å². The lowest BCUT2D eigenvalue weighted by molar-refractivity contribution is -0.166. The number of halogens is 2. The van der Waals surface area contributed by atoms with Gasteiger partial charge in [0.25, 0.3) is 6.43 Å². The summed E-state index contributed by atoms with van der Waals surface area (Å²) in [7, 11) is 0. The van der Waals surface area contributed by atoms with E-state index < -0.39 is 23.5 Å². The molecule has 13 heavy (non-hydrogen) atoms. The molecule has 5 heteroatoms. The van der Waals surface area contributed by atoms with Crippen molar-refractivity contribution >= 4 is 5.97 Å². The van der Waals surface area contributed by atoms with Crippen LogP contribution in [0.25, 0.3) is 0 Å². The maximum atomic E-state index is 12.2. The summed E-state index contributed by atoms with van der Waals surface area (Å²) in [5.41, 5.74) is 2.06. The summed E-state index contributed by atoms with van der Waals surface area (Å²) in [6.45, 7) is 5.72. The third kappa shape index (κ3) is 3.67. The average Bonchev–Trinajstić information content (AvgIpc) is 1.82. The Hall–Kier alpha value is -0.710. The van der Waals surface area contributed by atoms with E-state index in [1.165, 1.54) is 0 Å². The Labute approximate surface area is 76.2 Å². The third-order valence-corrected chi connectivity index (χ3v) is 1.29. The van der Waals surface area contributed by atoms with Crippen LogP contribution in [-0.2, 0) is 9.53 Å². The highest BCUT2D eigenvalue weighted by atomic mass is 19.3. The van der Waals surface area contributed by atoms with Crippen LogP contribution in [0.3, 0.4) is 0 Å². The number of alkyl halides is 2. The number of hydrogen-bond acceptors (Lipinski definition) is 3. The number of carbonyl (C=O) groups is 1. The van der Waals surface area contributed by atoms with Gasteiger partial charge in [0.05, 0.1) is 0 Å². The molecule has 0 radical (unpaired) electrons. The summed E-state index contributed by atoms with van der Waals surface area (Å²) in [5, 5.41) is 0. The standard InChI is InChI=1S/C8H15F2NO2/c1-7(2,3)13-6(12)8(4,11)5(9)10/h5H,11H2,1-4H3. The zero-order valence-corrected chi connectivity index (χ0v) is 8.23. The Kier molecular flexibility index (Phi) is 3.38. The second-order valence-electron chi connectivity index (χ2n) is 4.09. The summed E-state index contributed by atoms with van der Waals surface area (Å²) in [6, 6.07) is 0. The van der Waals surface area contributed by atoms with E-state index >= 15 is 0 Å². The predicted molar refractivity (Wildman–Crippen MR) is 44.4 cm³/mol. The molecule has 1 atom stereocenters. The number of carbonyl (C=O) groups excluding carboxylic acids is 1. The average molecular weight is 195 g/mol. The number of hydrogen-bond donors (Lipinski definition) is 1. The van der Waals surface area contributed by atoms with Crippen LogP contribution >= 0.6 is 0 Å². The Morgan fingerprint density at radius 1 is 1.31 bits per heavy atom. The fraction of sp³-hybridized carbons (Fsp3) is 0.875. The molecule has 0 aliphatic carbocycles. The topological polar surface area (TPSA) is 52.3 Å². The first-order chi connectivity index (χ1) is 5.57. The molecule has 0 aliphatic rings. The van der Waals surface area contributed by atoms with Crippen LogP contribution in [-0.4, -0.2) is 23.5 Å². The van der Waals surface area contributed by atoms with Gasteiger partial charge in [0.2, 0.25) is 0 Å². The van der Waals surface area contributed by atoms with Crippen molar-refractivity contribution in [2.45, 2.75) is 45.3 Å². The Bertz CT molecular complexity index is 197. The van der Waals surface area contributed by atoms with E-state index in [0.29, 0.717) is 0 Å². The van der Waals surface area contributed by atoms with E-state index in [2.05, 4.69) is 0 Å². The first-order valence-electron chi connectivity index (χ1n) is 3.88. The number of esters is 1. The Morgan fingerprint density at radius 3 is 1.92 bits per heavy atom. The fourth-order valence-corrected chi connectivity index (χ4v) is 0.477. The Balaban J connectivity index is 4.44. The lowest BCUT2D eigenvalue weighted by atomic mass is 10.1. The highest BCUT2D eigenvalue weighted by Gasteiger charge is 2.41. The smallest absolute Gasteiger partial charge is 0.332 e. The van der Waals surface area contributed by atoms with Gasteiger partial charge in [-0.05, 0) is 27.7 Å². The minimum Gasteiger partial charge on any atom is -0.458 e. The molecule has 0 spiro atoms. The molecule has 0 amide bonds. The number of ether oxygens (including phenoxy) is 1. The van der Waals surface area contributed by atoms with Crippen molar-refractivity contribution in [2.75, 3.05) is 0 Å². The highest BCUT2D eigenvalue weighted by molar-refractivity contribution is 5.80. The van der Waals surface area contributed by atoms with Gasteiger partial charge in [-0.1, -0.05) is 0 Å².